The second-order valence-electron chi connectivity index (χ2n) is 4.38. The molecule has 0 unspecified atom stereocenters. The number of rotatable bonds is 2. The van der Waals surface area contributed by atoms with E-state index in [1.165, 1.54) is 6.20 Å². The lowest BCUT2D eigenvalue weighted by atomic mass is 10.2. The predicted molar refractivity (Wildman–Crippen MR) is 80.3 cm³/mol. The van der Waals surface area contributed by atoms with Gasteiger partial charge in [-0.2, -0.15) is 0 Å². The molecule has 0 atom stereocenters. The number of nitrogens with zero attached hydrogens (tertiary/aromatic N) is 1. The summed E-state index contributed by atoms with van der Waals surface area (Å²) in [5.41, 5.74) is 6.73. The summed E-state index contributed by atoms with van der Waals surface area (Å²) in [5.74, 6) is -1.25. The number of pyridine rings is 1. The molecule has 0 radical (unpaired) electrons. The Bertz CT molecular complexity index is 834. The van der Waals surface area contributed by atoms with Gasteiger partial charge in [0.25, 0.3) is 0 Å². The molecule has 6 heteroatoms. The topological polar surface area (TPSA) is 48.1 Å². The fraction of sp³-hybridized carbons (Fsp3) is 0. The van der Waals surface area contributed by atoms with Crippen molar-refractivity contribution in [1.82, 2.24) is 4.98 Å². The van der Waals surface area contributed by atoms with Crippen LogP contribution >= 0.6 is 15.9 Å². The van der Waals surface area contributed by atoms with E-state index >= 15 is 0 Å². The number of nitrogens with two attached hydrogens (primary N) is 1. The van der Waals surface area contributed by atoms with Crippen LogP contribution in [0.2, 0.25) is 0 Å². The van der Waals surface area contributed by atoms with Gasteiger partial charge in [-0.15, -0.1) is 0 Å². The molecule has 106 valence electrons. The van der Waals surface area contributed by atoms with Crippen molar-refractivity contribution >= 4 is 32.5 Å². The Morgan fingerprint density at radius 2 is 1.90 bits per heavy atom. The highest BCUT2D eigenvalue weighted by Gasteiger charge is 2.13. The van der Waals surface area contributed by atoms with Gasteiger partial charge in [0.15, 0.2) is 17.3 Å². The smallest absolute Gasteiger partial charge is 0.166 e. The van der Waals surface area contributed by atoms with Crippen molar-refractivity contribution in [3.8, 4) is 11.5 Å². The van der Waals surface area contributed by atoms with Crippen molar-refractivity contribution < 1.29 is 13.5 Å². The number of benzene rings is 2. The molecule has 2 N–H and O–H groups in total. The third kappa shape index (κ3) is 2.67. The van der Waals surface area contributed by atoms with Gasteiger partial charge in [-0.05, 0) is 30.3 Å². The Kier molecular flexibility index (Phi) is 3.47. The monoisotopic (exact) mass is 350 g/mol. The van der Waals surface area contributed by atoms with Gasteiger partial charge in [-0.25, -0.2) is 8.78 Å². The molecule has 0 bridgehead atoms. The first kappa shape index (κ1) is 13.8. The van der Waals surface area contributed by atoms with E-state index in [0.29, 0.717) is 10.9 Å². The summed E-state index contributed by atoms with van der Waals surface area (Å²) in [7, 11) is 0. The van der Waals surface area contributed by atoms with Gasteiger partial charge in [-0.1, -0.05) is 15.9 Å². The van der Waals surface area contributed by atoms with Crippen LogP contribution in [0.3, 0.4) is 0 Å². The van der Waals surface area contributed by atoms with Crippen molar-refractivity contribution in [2.45, 2.75) is 0 Å². The van der Waals surface area contributed by atoms with E-state index in [9.17, 15) is 8.78 Å². The molecule has 0 amide bonds. The summed E-state index contributed by atoms with van der Waals surface area (Å²) in [5, 5.41) is 0.605. The fourth-order valence-corrected chi connectivity index (χ4v) is 2.30. The zero-order valence-electron chi connectivity index (χ0n) is 10.6. The largest absolute Gasteiger partial charge is 0.451 e. The minimum Gasteiger partial charge on any atom is -0.451 e. The second kappa shape index (κ2) is 5.29. The highest BCUT2D eigenvalue weighted by molar-refractivity contribution is 9.10. The number of hydrogen-bond acceptors (Lipinski definition) is 3. The van der Waals surface area contributed by atoms with Crippen LogP contribution in [-0.2, 0) is 0 Å². The molecule has 0 aliphatic carbocycles. The number of nitrogen functional groups attached to an aromatic ring is 1. The lowest BCUT2D eigenvalue weighted by molar-refractivity contribution is 0.442. The van der Waals surface area contributed by atoms with Crippen molar-refractivity contribution in [2.24, 2.45) is 0 Å². The molecule has 2 aromatic carbocycles. The highest BCUT2D eigenvalue weighted by atomic mass is 79.9. The number of hydrogen-bond donors (Lipinski definition) is 1. The number of aromatic nitrogens is 1. The maximum atomic E-state index is 13.7. The molecule has 21 heavy (non-hydrogen) atoms. The fourth-order valence-electron chi connectivity index (χ4n) is 1.94. The standard InChI is InChI=1S/C15H9BrF2N2O/c16-8-1-4-13-10(5-8)15(12(19)7-20-13)21-14-6-9(17)2-3-11(14)18/h1-7H,19H2. The third-order valence-corrected chi connectivity index (χ3v) is 3.41. The molecule has 0 aliphatic heterocycles. The van der Waals surface area contributed by atoms with Crippen LogP contribution in [0.1, 0.15) is 0 Å². The summed E-state index contributed by atoms with van der Waals surface area (Å²) >= 11 is 3.34. The van der Waals surface area contributed by atoms with Crippen LogP contribution in [0.5, 0.6) is 11.5 Å². The Hall–Kier alpha value is -2.21. The van der Waals surface area contributed by atoms with E-state index in [0.717, 1.165) is 22.7 Å². The summed E-state index contributed by atoms with van der Waals surface area (Å²) in [6.07, 6.45) is 1.42. The molecule has 0 aliphatic rings. The Morgan fingerprint density at radius 3 is 2.71 bits per heavy atom. The normalized spacial score (nSPS) is 10.8. The van der Waals surface area contributed by atoms with Gasteiger partial charge < -0.3 is 10.5 Å². The number of fused-ring (bicyclic) bond motifs is 1. The van der Waals surface area contributed by atoms with Crippen molar-refractivity contribution in [1.29, 1.82) is 0 Å². The first-order valence-electron chi connectivity index (χ1n) is 6.01. The first-order chi connectivity index (χ1) is 10.0. The molecule has 0 fully saturated rings. The van der Waals surface area contributed by atoms with Gasteiger partial charge in [0.2, 0.25) is 0 Å². The van der Waals surface area contributed by atoms with Crippen LogP contribution in [-0.4, -0.2) is 4.98 Å². The molecule has 0 saturated heterocycles. The molecular weight excluding hydrogens is 342 g/mol. The van der Waals surface area contributed by atoms with E-state index in [-0.39, 0.29) is 17.2 Å². The predicted octanol–water partition coefficient (Wildman–Crippen LogP) is 4.65. The van der Waals surface area contributed by atoms with E-state index in [1.807, 2.05) is 6.07 Å². The van der Waals surface area contributed by atoms with Crippen molar-refractivity contribution in [3.63, 3.8) is 0 Å². The molecule has 0 saturated carbocycles. The highest BCUT2D eigenvalue weighted by Crippen LogP contribution is 2.36. The Balaban J connectivity index is 2.17. The quantitative estimate of drug-likeness (QED) is 0.731. The lowest BCUT2D eigenvalue weighted by Crippen LogP contribution is -1.97. The van der Waals surface area contributed by atoms with Crippen LogP contribution in [0.25, 0.3) is 10.9 Å². The van der Waals surface area contributed by atoms with Crippen LogP contribution in [0.15, 0.2) is 47.1 Å². The van der Waals surface area contributed by atoms with E-state index < -0.39 is 11.6 Å². The molecule has 0 spiro atoms. The molecule has 1 heterocycles. The minimum atomic E-state index is -0.671. The molecule has 3 rings (SSSR count). The zero-order chi connectivity index (χ0) is 15.0. The number of halogens is 3. The maximum Gasteiger partial charge on any atom is 0.166 e. The summed E-state index contributed by atoms with van der Waals surface area (Å²) in [4.78, 5) is 4.17. The van der Waals surface area contributed by atoms with Gasteiger partial charge in [-0.3, -0.25) is 4.98 Å². The molecular formula is C15H9BrF2N2O. The Morgan fingerprint density at radius 1 is 1.10 bits per heavy atom. The van der Waals surface area contributed by atoms with Gasteiger partial charge in [0, 0.05) is 15.9 Å². The summed E-state index contributed by atoms with van der Waals surface area (Å²) < 4.78 is 33.2. The second-order valence-corrected chi connectivity index (χ2v) is 5.30. The molecule has 3 nitrogen and oxygen atoms in total. The minimum absolute atomic E-state index is 0.228. The average molecular weight is 351 g/mol. The Labute approximate surface area is 127 Å². The zero-order valence-corrected chi connectivity index (χ0v) is 12.2. The van der Waals surface area contributed by atoms with Crippen LogP contribution in [0.4, 0.5) is 14.5 Å². The number of anilines is 1. The lowest BCUT2D eigenvalue weighted by Gasteiger charge is -2.12. The van der Waals surface area contributed by atoms with Gasteiger partial charge in [0.1, 0.15) is 5.82 Å². The van der Waals surface area contributed by atoms with Crippen molar-refractivity contribution in [2.75, 3.05) is 5.73 Å². The van der Waals surface area contributed by atoms with Gasteiger partial charge in [0.05, 0.1) is 17.4 Å². The van der Waals surface area contributed by atoms with E-state index in [1.54, 1.807) is 12.1 Å². The summed E-state index contributed by atoms with van der Waals surface area (Å²) in [6.45, 7) is 0. The number of ether oxygens (including phenoxy) is 1. The van der Waals surface area contributed by atoms with Crippen LogP contribution in [0, 0.1) is 11.6 Å². The molecule has 3 aromatic rings. The van der Waals surface area contributed by atoms with Crippen LogP contribution < -0.4 is 10.5 Å². The molecule has 1 aromatic heterocycles. The van der Waals surface area contributed by atoms with Crippen molar-refractivity contribution in [3.05, 3.63) is 58.7 Å². The van der Waals surface area contributed by atoms with E-state index in [2.05, 4.69) is 20.9 Å². The summed E-state index contributed by atoms with van der Waals surface area (Å²) in [6, 6.07) is 8.34. The first-order valence-corrected chi connectivity index (χ1v) is 6.80. The third-order valence-electron chi connectivity index (χ3n) is 2.91. The van der Waals surface area contributed by atoms with Gasteiger partial charge >= 0.3 is 0 Å². The SMILES string of the molecule is Nc1cnc2ccc(Br)cc2c1Oc1cc(F)ccc1F. The van der Waals surface area contributed by atoms with E-state index in [4.69, 9.17) is 10.5 Å². The average Bonchev–Trinajstić information content (AvgIpc) is 2.46. The maximum absolute atomic E-state index is 13.7.